The van der Waals surface area contributed by atoms with Crippen LogP contribution in [0.25, 0.3) is 11.1 Å². The molecule has 1 aliphatic rings. The summed E-state index contributed by atoms with van der Waals surface area (Å²) in [5, 5.41) is 0. The minimum atomic E-state index is 0.319. The van der Waals surface area contributed by atoms with Gasteiger partial charge in [-0.1, -0.05) is 62.4 Å². The molecule has 0 unspecified atom stereocenters. The van der Waals surface area contributed by atoms with E-state index in [1.807, 2.05) is 0 Å². The van der Waals surface area contributed by atoms with Gasteiger partial charge >= 0.3 is 0 Å². The van der Waals surface area contributed by atoms with Gasteiger partial charge in [0.2, 0.25) is 0 Å². The Labute approximate surface area is 126 Å². The number of rotatable bonds is 6. The second kappa shape index (κ2) is 6.42. The zero-order chi connectivity index (χ0) is 14.7. The van der Waals surface area contributed by atoms with E-state index in [-0.39, 0.29) is 0 Å². The average Bonchev–Trinajstić information content (AvgIpc) is 2.81. The van der Waals surface area contributed by atoms with Crippen LogP contribution in [0.4, 0.5) is 0 Å². The molecule has 2 aromatic carbocycles. The number of benzene rings is 2. The maximum Gasteiger partial charge on any atom is 0.146 e. The number of hydrogen-bond donors (Lipinski definition) is 0. The number of ether oxygens (including phenoxy) is 2. The Hall–Kier alpha value is -1.64. The molecule has 0 amide bonds. The molecule has 0 bridgehead atoms. The first kappa shape index (κ1) is 14.3. The van der Waals surface area contributed by atoms with Gasteiger partial charge in [0.15, 0.2) is 0 Å². The topological polar surface area (TPSA) is 18.5 Å². The van der Waals surface area contributed by atoms with Crippen LogP contribution in [0.1, 0.15) is 30.9 Å². The molecule has 1 aliphatic carbocycles. The van der Waals surface area contributed by atoms with E-state index in [0.717, 1.165) is 6.61 Å². The lowest BCUT2D eigenvalue weighted by atomic mass is 9.98. The zero-order valence-corrected chi connectivity index (χ0v) is 12.7. The molecule has 0 radical (unpaired) electrons. The van der Waals surface area contributed by atoms with Crippen LogP contribution in [0.5, 0.6) is 0 Å². The minimum absolute atomic E-state index is 0.319. The highest BCUT2D eigenvalue weighted by molar-refractivity contribution is 5.78. The summed E-state index contributed by atoms with van der Waals surface area (Å²) in [6.45, 7) is 6.08. The van der Waals surface area contributed by atoms with Crippen molar-refractivity contribution in [1.82, 2.24) is 0 Å². The fourth-order valence-electron chi connectivity index (χ4n) is 2.95. The molecule has 21 heavy (non-hydrogen) atoms. The molecule has 0 fully saturated rings. The fraction of sp³-hybridized carbons (Fsp3) is 0.368. The Bertz CT molecular complexity index is 559. The molecule has 0 saturated carbocycles. The minimum Gasteiger partial charge on any atom is -0.355 e. The molecule has 3 rings (SSSR count). The van der Waals surface area contributed by atoms with Gasteiger partial charge in [0.1, 0.15) is 6.79 Å². The smallest absolute Gasteiger partial charge is 0.146 e. The SMILES string of the molecule is CC(C)COCOCC1c2ccccc2-c2ccccc21. The predicted molar refractivity (Wildman–Crippen MR) is 85.3 cm³/mol. The van der Waals surface area contributed by atoms with E-state index in [0.29, 0.717) is 25.2 Å². The summed E-state index contributed by atoms with van der Waals surface area (Å²) in [4.78, 5) is 0. The summed E-state index contributed by atoms with van der Waals surface area (Å²) in [5.74, 6) is 0.863. The van der Waals surface area contributed by atoms with Gasteiger partial charge in [0.25, 0.3) is 0 Å². The summed E-state index contributed by atoms with van der Waals surface area (Å²) < 4.78 is 11.3. The Morgan fingerprint density at radius 2 is 1.43 bits per heavy atom. The number of hydrogen-bond acceptors (Lipinski definition) is 2. The Morgan fingerprint density at radius 1 is 0.857 bits per heavy atom. The molecule has 0 aliphatic heterocycles. The first-order valence-corrected chi connectivity index (χ1v) is 7.61. The molecule has 0 heterocycles. The van der Waals surface area contributed by atoms with Gasteiger partial charge in [0.05, 0.1) is 13.2 Å². The van der Waals surface area contributed by atoms with Crippen molar-refractivity contribution in [1.29, 1.82) is 0 Å². The molecule has 0 aromatic heterocycles. The second-order valence-corrected chi connectivity index (χ2v) is 5.98. The fourth-order valence-corrected chi connectivity index (χ4v) is 2.95. The Balaban J connectivity index is 1.70. The number of fused-ring (bicyclic) bond motifs is 3. The largest absolute Gasteiger partial charge is 0.355 e. The Morgan fingerprint density at radius 3 is 2.00 bits per heavy atom. The van der Waals surface area contributed by atoms with Gasteiger partial charge in [0, 0.05) is 5.92 Å². The maximum absolute atomic E-state index is 5.76. The lowest BCUT2D eigenvalue weighted by Crippen LogP contribution is -2.11. The first-order valence-electron chi connectivity index (χ1n) is 7.61. The molecular weight excluding hydrogens is 260 g/mol. The van der Waals surface area contributed by atoms with Crippen LogP contribution in [0.15, 0.2) is 48.5 Å². The molecule has 0 N–H and O–H groups in total. The van der Waals surface area contributed by atoms with E-state index >= 15 is 0 Å². The summed E-state index contributed by atoms with van der Waals surface area (Å²) in [7, 11) is 0. The van der Waals surface area contributed by atoms with E-state index in [1.54, 1.807) is 0 Å². The van der Waals surface area contributed by atoms with Crippen LogP contribution in [0.3, 0.4) is 0 Å². The standard InChI is InChI=1S/C19H22O2/c1-14(2)11-20-13-21-12-19-17-9-5-3-7-15(17)16-8-4-6-10-18(16)19/h3-10,14,19H,11-13H2,1-2H3. The van der Waals surface area contributed by atoms with Crippen LogP contribution >= 0.6 is 0 Å². The van der Waals surface area contributed by atoms with E-state index in [1.165, 1.54) is 22.3 Å². The zero-order valence-electron chi connectivity index (χ0n) is 12.7. The molecule has 110 valence electrons. The second-order valence-electron chi connectivity index (χ2n) is 5.98. The first-order chi connectivity index (χ1) is 10.3. The molecule has 2 aromatic rings. The van der Waals surface area contributed by atoms with Crippen LogP contribution in [0.2, 0.25) is 0 Å². The molecule has 2 heteroatoms. The van der Waals surface area contributed by atoms with Crippen LogP contribution in [-0.2, 0) is 9.47 Å². The molecule has 2 nitrogen and oxygen atoms in total. The summed E-state index contributed by atoms with van der Waals surface area (Å²) in [6.07, 6.45) is 0. The third-order valence-corrected chi connectivity index (χ3v) is 3.86. The van der Waals surface area contributed by atoms with Gasteiger partial charge in [-0.15, -0.1) is 0 Å². The van der Waals surface area contributed by atoms with Crippen LogP contribution in [-0.4, -0.2) is 20.0 Å². The van der Waals surface area contributed by atoms with Gasteiger partial charge in [-0.3, -0.25) is 0 Å². The van der Waals surface area contributed by atoms with Crippen LogP contribution < -0.4 is 0 Å². The van der Waals surface area contributed by atoms with Gasteiger partial charge in [-0.25, -0.2) is 0 Å². The molecular formula is C19H22O2. The van der Waals surface area contributed by atoms with Gasteiger partial charge < -0.3 is 9.47 Å². The van der Waals surface area contributed by atoms with Crippen molar-refractivity contribution in [3.05, 3.63) is 59.7 Å². The third-order valence-electron chi connectivity index (χ3n) is 3.86. The normalized spacial score (nSPS) is 13.5. The summed E-state index contributed by atoms with van der Waals surface area (Å²) >= 11 is 0. The lowest BCUT2D eigenvalue weighted by Gasteiger charge is -2.14. The highest BCUT2D eigenvalue weighted by Crippen LogP contribution is 2.44. The van der Waals surface area contributed by atoms with Gasteiger partial charge in [-0.05, 0) is 28.2 Å². The monoisotopic (exact) mass is 282 g/mol. The van der Waals surface area contributed by atoms with Crippen molar-refractivity contribution in [3.8, 4) is 11.1 Å². The average molecular weight is 282 g/mol. The van der Waals surface area contributed by atoms with Crippen molar-refractivity contribution in [2.24, 2.45) is 5.92 Å². The van der Waals surface area contributed by atoms with E-state index in [4.69, 9.17) is 9.47 Å². The van der Waals surface area contributed by atoms with E-state index < -0.39 is 0 Å². The van der Waals surface area contributed by atoms with Crippen molar-refractivity contribution >= 4 is 0 Å². The highest BCUT2D eigenvalue weighted by Gasteiger charge is 2.27. The van der Waals surface area contributed by atoms with Crippen molar-refractivity contribution < 1.29 is 9.47 Å². The summed E-state index contributed by atoms with van der Waals surface area (Å²) in [6, 6.07) is 17.2. The van der Waals surface area contributed by atoms with Crippen molar-refractivity contribution in [2.75, 3.05) is 20.0 Å². The Kier molecular flexibility index (Phi) is 4.37. The van der Waals surface area contributed by atoms with Gasteiger partial charge in [-0.2, -0.15) is 0 Å². The molecule has 0 saturated heterocycles. The maximum atomic E-state index is 5.76. The molecule has 0 spiro atoms. The highest BCUT2D eigenvalue weighted by atomic mass is 16.7. The van der Waals surface area contributed by atoms with E-state index in [9.17, 15) is 0 Å². The van der Waals surface area contributed by atoms with Crippen LogP contribution in [0, 0.1) is 5.92 Å². The molecule has 0 atom stereocenters. The quantitative estimate of drug-likeness (QED) is 0.576. The third kappa shape index (κ3) is 3.02. The van der Waals surface area contributed by atoms with Crippen molar-refractivity contribution in [3.63, 3.8) is 0 Å². The van der Waals surface area contributed by atoms with E-state index in [2.05, 4.69) is 62.4 Å². The predicted octanol–water partition coefficient (Wildman–Crippen LogP) is 4.45. The summed E-state index contributed by atoms with van der Waals surface area (Å²) in [5.41, 5.74) is 5.40. The van der Waals surface area contributed by atoms with Crippen molar-refractivity contribution in [2.45, 2.75) is 19.8 Å². The lowest BCUT2D eigenvalue weighted by molar-refractivity contribution is -0.0632.